The predicted octanol–water partition coefficient (Wildman–Crippen LogP) is 2.79. The maximum atomic E-state index is 12.0. The lowest BCUT2D eigenvalue weighted by Crippen LogP contribution is -2.43. The lowest BCUT2D eigenvalue weighted by molar-refractivity contribution is -0.142. The average Bonchev–Trinajstić information content (AvgIpc) is 2.31. The summed E-state index contributed by atoms with van der Waals surface area (Å²) in [5, 5.41) is 0. The Morgan fingerprint density at radius 2 is 1.62 bits per heavy atom. The standard InChI is InChI=1S/C17H34N2O2/c1-14(10-11-16(2,3)12-18(6)7)15(20)21-13-17(4,5)19(8)9/h10H,11-13H2,1-9H3/b14-10+. The summed E-state index contributed by atoms with van der Waals surface area (Å²) in [4.78, 5) is 16.3. The molecule has 0 N–H and O–H groups in total. The molecule has 0 spiro atoms. The Morgan fingerprint density at radius 1 is 1.10 bits per heavy atom. The van der Waals surface area contributed by atoms with Crippen molar-refractivity contribution in [1.82, 2.24) is 9.80 Å². The molecule has 21 heavy (non-hydrogen) atoms. The van der Waals surface area contributed by atoms with E-state index in [1.165, 1.54) is 0 Å². The molecule has 0 aliphatic carbocycles. The van der Waals surface area contributed by atoms with Crippen molar-refractivity contribution in [3.05, 3.63) is 11.6 Å². The van der Waals surface area contributed by atoms with E-state index in [2.05, 4.69) is 51.6 Å². The highest BCUT2D eigenvalue weighted by Crippen LogP contribution is 2.22. The third-order valence-electron chi connectivity index (χ3n) is 3.79. The van der Waals surface area contributed by atoms with Crippen LogP contribution in [0.3, 0.4) is 0 Å². The first-order valence-electron chi connectivity index (χ1n) is 7.53. The van der Waals surface area contributed by atoms with Crippen LogP contribution in [0.25, 0.3) is 0 Å². The van der Waals surface area contributed by atoms with Gasteiger partial charge in [0, 0.05) is 17.7 Å². The van der Waals surface area contributed by atoms with E-state index in [1.807, 2.05) is 27.1 Å². The van der Waals surface area contributed by atoms with Crippen molar-refractivity contribution in [3.63, 3.8) is 0 Å². The number of ether oxygens (including phenoxy) is 1. The summed E-state index contributed by atoms with van der Waals surface area (Å²) in [6.07, 6.45) is 2.86. The molecule has 0 saturated heterocycles. The molecule has 124 valence electrons. The van der Waals surface area contributed by atoms with Gasteiger partial charge in [-0.1, -0.05) is 19.9 Å². The molecule has 0 aliphatic heterocycles. The van der Waals surface area contributed by atoms with E-state index < -0.39 is 0 Å². The molecule has 0 unspecified atom stereocenters. The number of carbonyl (C=O) groups is 1. The zero-order chi connectivity index (χ0) is 16.8. The van der Waals surface area contributed by atoms with Crippen molar-refractivity contribution in [2.45, 2.75) is 46.6 Å². The Bertz CT molecular complexity index is 369. The number of esters is 1. The van der Waals surface area contributed by atoms with Crippen molar-refractivity contribution < 1.29 is 9.53 Å². The van der Waals surface area contributed by atoms with Gasteiger partial charge in [0.1, 0.15) is 6.61 Å². The smallest absolute Gasteiger partial charge is 0.333 e. The van der Waals surface area contributed by atoms with Crippen molar-refractivity contribution in [2.75, 3.05) is 41.3 Å². The molecule has 0 bridgehead atoms. The highest BCUT2D eigenvalue weighted by Gasteiger charge is 2.23. The largest absolute Gasteiger partial charge is 0.460 e. The SMILES string of the molecule is C/C(=C\CC(C)(C)CN(C)C)C(=O)OCC(C)(C)N(C)C. The van der Waals surface area contributed by atoms with E-state index in [0.29, 0.717) is 12.2 Å². The quantitative estimate of drug-likeness (QED) is 0.509. The van der Waals surface area contributed by atoms with Crippen LogP contribution in [-0.2, 0) is 9.53 Å². The summed E-state index contributed by atoms with van der Waals surface area (Å²) in [5.41, 5.74) is 0.685. The molecule has 4 heteroatoms. The molecule has 0 aromatic carbocycles. The Hall–Kier alpha value is -0.870. The summed E-state index contributed by atoms with van der Waals surface area (Å²) >= 11 is 0. The van der Waals surface area contributed by atoms with Gasteiger partial charge in [-0.25, -0.2) is 4.79 Å². The molecular weight excluding hydrogens is 264 g/mol. The van der Waals surface area contributed by atoms with Gasteiger partial charge in [0.2, 0.25) is 0 Å². The molecule has 0 atom stereocenters. The summed E-state index contributed by atoms with van der Waals surface area (Å²) in [6.45, 7) is 11.7. The van der Waals surface area contributed by atoms with Crippen LogP contribution in [0.2, 0.25) is 0 Å². The number of rotatable bonds is 8. The summed E-state index contributed by atoms with van der Waals surface area (Å²) in [6, 6.07) is 0. The van der Waals surface area contributed by atoms with Gasteiger partial charge in [0.25, 0.3) is 0 Å². The average molecular weight is 298 g/mol. The highest BCUT2D eigenvalue weighted by atomic mass is 16.5. The molecular formula is C17H34N2O2. The van der Waals surface area contributed by atoms with Crippen LogP contribution in [0.5, 0.6) is 0 Å². The van der Waals surface area contributed by atoms with Crippen LogP contribution in [0, 0.1) is 5.41 Å². The third-order valence-corrected chi connectivity index (χ3v) is 3.79. The Kier molecular flexibility index (Phi) is 7.62. The molecule has 0 aromatic heterocycles. The number of nitrogens with zero attached hydrogens (tertiary/aromatic N) is 2. The number of allylic oxidation sites excluding steroid dienone is 1. The monoisotopic (exact) mass is 298 g/mol. The van der Waals surface area contributed by atoms with E-state index in [9.17, 15) is 4.79 Å². The van der Waals surface area contributed by atoms with Crippen molar-refractivity contribution in [1.29, 1.82) is 0 Å². The topological polar surface area (TPSA) is 32.8 Å². The Morgan fingerprint density at radius 3 is 2.05 bits per heavy atom. The number of hydrogen-bond acceptors (Lipinski definition) is 4. The minimum absolute atomic E-state index is 0.147. The van der Waals surface area contributed by atoms with Crippen LogP contribution >= 0.6 is 0 Å². The van der Waals surface area contributed by atoms with Gasteiger partial charge in [0.15, 0.2) is 0 Å². The first-order chi connectivity index (χ1) is 9.37. The van der Waals surface area contributed by atoms with E-state index in [-0.39, 0.29) is 16.9 Å². The van der Waals surface area contributed by atoms with Gasteiger partial charge in [-0.3, -0.25) is 0 Å². The van der Waals surface area contributed by atoms with E-state index >= 15 is 0 Å². The lowest BCUT2D eigenvalue weighted by Gasteiger charge is -2.31. The second-order valence-corrected chi connectivity index (χ2v) is 7.78. The number of carbonyl (C=O) groups excluding carboxylic acids is 1. The molecule has 4 nitrogen and oxygen atoms in total. The van der Waals surface area contributed by atoms with E-state index in [4.69, 9.17) is 4.74 Å². The highest BCUT2D eigenvalue weighted by molar-refractivity contribution is 5.87. The predicted molar refractivity (Wildman–Crippen MR) is 89.4 cm³/mol. The second-order valence-electron chi connectivity index (χ2n) is 7.78. The zero-order valence-corrected chi connectivity index (χ0v) is 15.4. The van der Waals surface area contributed by atoms with Crippen LogP contribution in [0.4, 0.5) is 0 Å². The van der Waals surface area contributed by atoms with Crippen LogP contribution in [0.15, 0.2) is 11.6 Å². The Labute approximate surface area is 131 Å². The van der Waals surface area contributed by atoms with Crippen LogP contribution < -0.4 is 0 Å². The molecule has 0 rings (SSSR count). The van der Waals surface area contributed by atoms with Gasteiger partial charge in [-0.15, -0.1) is 0 Å². The first-order valence-corrected chi connectivity index (χ1v) is 7.53. The molecule has 0 heterocycles. The minimum atomic E-state index is -0.217. The second kappa shape index (κ2) is 7.95. The van der Waals surface area contributed by atoms with E-state index in [0.717, 1.165) is 13.0 Å². The summed E-state index contributed by atoms with van der Waals surface area (Å²) in [5.74, 6) is -0.217. The fourth-order valence-electron chi connectivity index (χ4n) is 1.92. The molecule has 0 radical (unpaired) electrons. The Balaban J connectivity index is 4.48. The van der Waals surface area contributed by atoms with Crippen molar-refractivity contribution in [3.8, 4) is 0 Å². The van der Waals surface area contributed by atoms with Crippen LogP contribution in [0.1, 0.15) is 41.0 Å². The minimum Gasteiger partial charge on any atom is -0.460 e. The third kappa shape index (κ3) is 8.22. The maximum absolute atomic E-state index is 12.0. The van der Waals surface area contributed by atoms with Crippen LogP contribution in [-0.4, -0.2) is 62.7 Å². The first kappa shape index (κ1) is 20.1. The number of likely N-dealkylation sites (N-methyl/N-ethyl adjacent to an activating group) is 1. The molecule has 0 aromatic rings. The molecule has 0 aliphatic rings. The lowest BCUT2D eigenvalue weighted by atomic mass is 9.88. The fraction of sp³-hybridized carbons (Fsp3) is 0.824. The van der Waals surface area contributed by atoms with Gasteiger partial charge in [-0.05, 0) is 60.8 Å². The fourth-order valence-corrected chi connectivity index (χ4v) is 1.92. The number of hydrogen-bond donors (Lipinski definition) is 0. The van der Waals surface area contributed by atoms with Gasteiger partial charge in [-0.2, -0.15) is 0 Å². The maximum Gasteiger partial charge on any atom is 0.333 e. The zero-order valence-electron chi connectivity index (χ0n) is 15.4. The molecule has 0 saturated carbocycles. The summed E-state index contributed by atoms with van der Waals surface area (Å²) < 4.78 is 5.42. The van der Waals surface area contributed by atoms with Gasteiger partial charge in [0.05, 0.1) is 0 Å². The van der Waals surface area contributed by atoms with Crippen molar-refractivity contribution >= 4 is 5.97 Å². The van der Waals surface area contributed by atoms with Gasteiger partial charge < -0.3 is 14.5 Å². The molecule has 0 fully saturated rings. The normalized spacial score (nSPS) is 14.0. The molecule has 0 amide bonds. The summed E-state index contributed by atoms with van der Waals surface area (Å²) in [7, 11) is 8.10. The van der Waals surface area contributed by atoms with Gasteiger partial charge >= 0.3 is 5.97 Å². The van der Waals surface area contributed by atoms with E-state index in [1.54, 1.807) is 0 Å². The van der Waals surface area contributed by atoms with Crippen molar-refractivity contribution in [2.24, 2.45) is 5.41 Å².